The van der Waals surface area contributed by atoms with Gasteiger partial charge in [0.2, 0.25) is 5.91 Å². The molecule has 27 heavy (non-hydrogen) atoms. The monoisotopic (exact) mass is 358 g/mol. The van der Waals surface area contributed by atoms with Crippen LogP contribution in [0.2, 0.25) is 0 Å². The highest BCUT2D eigenvalue weighted by Gasteiger charge is 2.29. The first kappa shape index (κ1) is 17.3. The van der Waals surface area contributed by atoms with Crippen molar-refractivity contribution in [3.05, 3.63) is 77.9 Å². The number of carbonyl (C=O) groups excluding carboxylic acids is 2. The highest BCUT2D eigenvalue weighted by Crippen LogP contribution is 2.37. The molecule has 0 bridgehead atoms. The Hall–Kier alpha value is -3.14. The summed E-state index contributed by atoms with van der Waals surface area (Å²) < 4.78 is 0. The molecule has 0 saturated heterocycles. The van der Waals surface area contributed by atoms with Gasteiger partial charge in [0.15, 0.2) is 0 Å². The van der Waals surface area contributed by atoms with Crippen molar-refractivity contribution in [1.29, 1.82) is 0 Å². The minimum atomic E-state index is -0.0230. The number of hydrogen-bond donors (Lipinski definition) is 1. The molecule has 1 aliphatic rings. The maximum Gasteiger partial charge on any atom is 0.258 e. The number of nitrogens with zero attached hydrogens (tertiary/aromatic N) is 1. The molecule has 0 spiro atoms. The van der Waals surface area contributed by atoms with E-state index in [0.29, 0.717) is 19.4 Å². The summed E-state index contributed by atoms with van der Waals surface area (Å²) in [5, 5.41) is 5.13. The molecule has 1 aliphatic heterocycles. The lowest BCUT2D eigenvalue weighted by atomic mass is 10.1. The molecule has 0 saturated carbocycles. The van der Waals surface area contributed by atoms with Gasteiger partial charge in [-0.2, -0.15) is 0 Å². The predicted molar refractivity (Wildman–Crippen MR) is 108 cm³/mol. The molecule has 4 nitrogen and oxygen atoms in total. The first-order chi connectivity index (χ1) is 13.1. The second kappa shape index (κ2) is 7.23. The van der Waals surface area contributed by atoms with Crippen LogP contribution in [0.15, 0.2) is 66.7 Å². The predicted octanol–water partition coefficient (Wildman–Crippen LogP) is 4.46. The molecule has 3 aromatic carbocycles. The SMILES string of the molecule is CC(NC(=O)CCCN1C(=O)c2cccc3cccc1c23)c1ccccc1. The topological polar surface area (TPSA) is 49.4 Å². The molecule has 3 aromatic rings. The molecule has 1 heterocycles. The Kier molecular flexibility index (Phi) is 4.63. The Bertz CT molecular complexity index is 992. The number of carbonyl (C=O) groups is 2. The highest BCUT2D eigenvalue weighted by molar-refractivity contribution is 6.25. The van der Waals surface area contributed by atoms with Gasteiger partial charge in [0.1, 0.15) is 0 Å². The number of nitrogens with one attached hydrogen (secondary N) is 1. The minimum Gasteiger partial charge on any atom is -0.350 e. The zero-order chi connectivity index (χ0) is 18.8. The quantitative estimate of drug-likeness (QED) is 0.707. The van der Waals surface area contributed by atoms with E-state index >= 15 is 0 Å². The van der Waals surface area contributed by atoms with Crippen molar-refractivity contribution >= 4 is 28.3 Å². The van der Waals surface area contributed by atoms with Gasteiger partial charge in [-0.3, -0.25) is 9.59 Å². The molecule has 1 unspecified atom stereocenters. The molecule has 4 rings (SSSR count). The lowest BCUT2D eigenvalue weighted by molar-refractivity contribution is -0.121. The summed E-state index contributed by atoms with van der Waals surface area (Å²) in [6.45, 7) is 2.52. The second-order valence-electron chi connectivity index (χ2n) is 6.94. The third-order valence-electron chi connectivity index (χ3n) is 5.11. The van der Waals surface area contributed by atoms with Crippen molar-refractivity contribution in [2.45, 2.75) is 25.8 Å². The summed E-state index contributed by atoms with van der Waals surface area (Å²) in [7, 11) is 0. The molecule has 1 atom stereocenters. The highest BCUT2D eigenvalue weighted by atomic mass is 16.2. The Morgan fingerprint density at radius 3 is 2.52 bits per heavy atom. The van der Waals surface area contributed by atoms with E-state index in [2.05, 4.69) is 5.32 Å². The molecule has 0 fully saturated rings. The fraction of sp³-hybridized carbons (Fsp3) is 0.217. The molecule has 4 heteroatoms. The smallest absolute Gasteiger partial charge is 0.258 e. The van der Waals surface area contributed by atoms with Gasteiger partial charge in [0.05, 0.1) is 11.7 Å². The number of hydrogen-bond acceptors (Lipinski definition) is 2. The van der Waals surface area contributed by atoms with Gasteiger partial charge in [-0.15, -0.1) is 0 Å². The molecule has 0 aromatic heterocycles. The van der Waals surface area contributed by atoms with Gasteiger partial charge in [0, 0.05) is 23.9 Å². The lowest BCUT2D eigenvalue weighted by Crippen LogP contribution is -2.30. The largest absolute Gasteiger partial charge is 0.350 e. The van der Waals surface area contributed by atoms with Crippen molar-refractivity contribution in [1.82, 2.24) is 5.32 Å². The van der Waals surface area contributed by atoms with Gasteiger partial charge in [-0.05, 0) is 36.4 Å². The van der Waals surface area contributed by atoms with Gasteiger partial charge >= 0.3 is 0 Å². The maximum absolute atomic E-state index is 12.7. The summed E-state index contributed by atoms with van der Waals surface area (Å²) in [6.07, 6.45) is 1.02. The van der Waals surface area contributed by atoms with Crippen molar-refractivity contribution < 1.29 is 9.59 Å². The minimum absolute atomic E-state index is 0.00808. The summed E-state index contributed by atoms with van der Waals surface area (Å²) in [6, 6.07) is 21.7. The average Bonchev–Trinajstić information content (AvgIpc) is 2.97. The van der Waals surface area contributed by atoms with Crippen LogP contribution in [0.1, 0.15) is 41.7 Å². The van der Waals surface area contributed by atoms with E-state index in [4.69, 9.17) is 0 Å². The van der Waals surface area contributed by atoms with Gasteiger partial charge in [-0.1, -0.05) is 54.6 Å². The fourth-order valence-electron chi connectivity index (χ4n) is 3.74. The van der Waals surface area contributed by atoms with E-state index in [-0.39, 0.29) is 17.9 Å². The Morgan fingerprint density at radius 1 is 1.00 bits per heavy atom. The summed E-state index contributed by atoms with van der Waals surface area (Å²) in [5.74, 6) is 0.0357. The molecular formula is C23H22N2O2. The lowest BCUT2D eigenvalue weighted by Gasteiger charge is -2.18. The number of rotatable bonds is 6. The number of amides is 2. The van der Waals surface area contributed by atoms with Crippen molar-refractivity contribution in [3.8, 4) is 0 Å². The van der Waals surface area contributed by atoms with Gasteiger partial charge < -0.3 is 10.2 Å². The second-order valence-corrected chi connectivity index (χ2v) is 6.94. The van der Waals surface area contributed by atoms with Crippen molar-refractivity contribution in [2.24, 2.45) is 0 Å². The summed E-state index contributed by atoms with van der Waals surface area (Å²) >= 11 is 0. The van der Waals surface area contributed by atoms with Crippen LogP contribution in [0, 0.1) is 0 Å². The van der Waals surface area contributed by atoms with Crippen LogP contribution in [-0.4, -0.2) is 18.4 Å². The normalized spacial score (nSPS) is 13.8. The van der Waals surface area contributed by atoms with Crippen LogP contribution < -0.4 is 10.2 Å². The third-order valence-corrected chi connectivity index (χ3v) is 5.11. The van der Waals surface area contributed by atoms with Crippen molar-refractivity contribution in [3.63, 3.8) is 0 Å². The molecule has 136 valence electrons. The Balaban J connectivity index is 1.37. The van der Waals surface area contributed by atoms with E-state index in [9.17, 15) is 9.59 Å². The Morgan fingerprint density at radius 2 is 1.74 bits per heavy atom. The van der Waals surface area contributed by atoms with E-state index in [1.165, 1.54) is 0 Å². The first-order valence-electron chi connectivity index (χ1n) is 9.33. The Labute approximate surface area is 158 Å². The molecule has 0 radical (unpaired) electrons. The van der Waals surface area contributed by atoms with E-state index in [0.717, 1.165) is 27.6 Å². The van der Waals surface area contributed by atoms with Crippen LogP contribution >= 0.6 is 0 Å². The van der Waals surface area contributed by atoms with Crippen LogP contribution in [0.25, 0.3) is 10.8 Å². The zero-order valence-electron chi connectivity index (χ0n) is 15.3. The van der Waals surface area contributed by atoms with Crippen LogP contribution in [-0.2, 0) is 4.79 Å². The first-order valence-corrected chi connectivity index (χ1v) is 9.33. The number of anilines is 1. The van der Waals surface area contributed by atoms with Crippen LogP contribution in [0.5, 0.6) is 0 Å². The average molecular weight is 358 g/mol. The van der Waals surface area contributed by atoms with Gasteiger partial charge in [-0.25, -0.2) is 0 Å². The summed E-state index contributed by atoms with van der Waals surface area (Å²) in [5.41, 5.74) is 2.79. The molecule has 2 amide bonds. The molecule has 0 aliphatic carbocycles. The molecular weight excluding hydrogens is 336 g/mol. The van der Waals surface area contributed by atoms with E-state index in [1.54, 1.807) is 4.90 Å². The van der Waals surface area contributed by atoms with Crippen LogP contribution in [0.4, 0.5) is 5.69 Å². The molecule has 1 N–H and O–H groups in total. The van der Waals surface area contributed by atoms with Crippen LogP contribution in [0.3, 0.4) is 0 Å². The fourth-order valence-corrected chi connectivity index (χ4v) is 3.74. The zero-order valence-corrected chi connectivity index (χ0v) is 15.3. The van der Waals surface area contributed by atoms with E-state index < -0.39 is 0 Å². The van der Waals surface area contributed by atoms with Gasteiger partial charge in [0.25, 0.3) is 5.91 Å². The number of benzene rings is 3. The van der Waals surface area contributed by atoms with E-state index in [1.807, 2.05) is 73.7 Å². The standard InChI is InChI=1S/C23H22N2O2/c1-16(17-8-3-2-4-9-17)24-21(26)14-7-15-25-20-13-6-11-18-10-5-12-19(22(18)20)23(25)27/h2-6,8-13,16H,7,14-15H2,1H3,(H,24,26). The summed E-state index contributed by atoms with van der Waals surface area (Å²) in [4.78, 5) is 26.8. The third kappa shape index (κ3) is 3.31. The van der Waals surface area contributed by atoms with Crippen molar-refractivity contribution in [2.75, 3.05) is 11.4 Å². The maximum atomic E-state index is 12.7.